The number of allylic oxidation sites excluding steroid dienone is 2. The summed E-state index contributed by atoms with van der Waals surface area (Å²) < 4.78 is 16.0. The van der Waals surface area contributed by atoms with Gasteiger partial charge >= 0.3 is 0 Å². The molecule has 3 saturated carbocycles. The molecule has 2 N–H and O–H groups in total. The van der Waals surface area contributed by atoms with Crippen molar-refractivity contribution in [3.05, 3.63) is 42.0 Å². The molecule has 43 heavy (non-hydrogen) atoms. The topological polar surface area (TPSA) is 85.0 Å². The molecule has 248 valence electrons. The number of hydrogen-bond acceptors (Lipinski definition) is 6. The number of hydrogen-bond donors (Lipinski definition) is 2. The van der Waals surface area contributed by atoms with Gasteiger partial charge in [-0.15, -0.1) is 0 Å². The van der Waals surface area contributed by atoms with Crippen LogP contribution < -0.4 is 0 Å². The van der Waals surface area contributed by atoms with Crippen molar-refractivity contribution >= 4 is 0 Å². The number of aliphatic hydroxyl groups excluding tert-OH is 2. The van der Waals surface area contributed by atoms with Gasteiger partial charge in [0.05, 0.1) is 31.3 Å². The zero-order chi connectivity index (χ0) is 32.2. The Bertz CT molecular complexity index is 958. The maximum Gasteiger partial charge on any atom is 0.162 e. The Morgan fingerprint density at radius 2 is 1.81 bits per heavy atom. The number of nitrogens with zero attached hydrogens (tertiary/aromatic N) is 1. The van der Waals surface area contributed by atoms with Crippen LogP contribution in [0.2, 0.25) is 0 Å². The van der Waals surface area contributed by atoms with E-state index >= 15 is 0 Å². The summed E-state index contributed by atoms with van der Waals surface area (Å²) in [7, 11) is 2.60. The molecule has 4 aliphatic carbocycles. The molecule has 0 saturated heterocycles. The second-order valence-corrected chi connectivity index (χ2v) is 13.9. The van der Waals surface area contributed by atoms with E-state index in [4.69, 9.17) is 14.4 Å². The standard InChI is InChI=1S/C30H47NO3.C4H8O.C2H6.CH4O/c1-20(2)28(32)7-5-6-21-9-11-26-25-10-8-22-18-23(33-19-24-14-17-31-34-24)12-15-30(22,4)27(25)13-16-29(21,26)3;1-4(2)5-3;2*1-2/h8,14,17,20-21,23,25-28,32H,5-7,9-13,15-16,18-19H2,1-4H3;1H2,2-3H3;1-2H3;2H,1H3. The Balaban J connectivity index is 0.000000642. The van der Waals surface area contributed by atoms with Crippen LogP contribution in [0.1, 0.15) is 125 Å². The number of fused-ring (bicyclic) bond motifs is 5. The van der Waals surface area contributed by atoms with E-state index in [0.717, 1.165) is 61.6 Å². The Morgan fingerprint density at radius 1 is 1.12 bits per heavy atom. The molecule has 5 rings (SSSR count). The number of aromatic nitrogens is 1. The van der Waals surface area contributed by atoms with Crippen LogP contribution in [0.3, 0.4) is 0 Å². The molecule has 4 aliphatic rings. The number of methoxy groups -OCH3 is 1. The van der Waals surface area contributed by atoms with Crippen LogP contribution in [0.4, 0.5) is 0 Å². The third kappa shape index (κ3) is 9.20. The van der Waals surface area contributed by atoms with Crippen molar-refractivity contribution in [2.45, 2.75) is 138 Å². The van der Waals surface area contributed by atoms with Crippen LogP contribution in [-0.4, -0.2) is 41.8 Å². The molecule has 3 fully saturated rings. The predicted octanol–water partition coefficient (Wildman–Crippen LogP) is 9.13. The van der Waals surface area contributed by atoms with Gasteiger partial charge in [0.15, 0.2) is 5.76 Å². The Kier molecular flexibility index (Phi) is 15.5. The smallest absolute Gasteiger partial charge is 0.162 e. The highest BCUT2D eigenvalue weighted by Crippen LogP contribution is 2.66. The molecule has 0 aliphatic heterocycles. The molecule has 1 aromatic rings. The highest BCUT2D eigenvalue weighted by molar-refractivity contribution is 5.25. The predicted molar refractivity (Wildman–Crippen MR) is 176 cm³/mol. The quantitative estimate of drug-likeness (QED) is 0.216. The van der Waals surface area contributed by atoms with Crippen LogP contribution in [0, 0.1) is 40.4 Å². The van der Waals surface area contributed by atoms with Crippen LogP contribution >= 0.6 is 0 Å². The summed E-state index contributed by atoms with van der Waals surface area (Å²) in [5, 5.41) is 21.1. The molecular formula is C37H65NO5. The van der Waals surface area contributed by atoms with Crippen LogP contribution in [0.5, 0.6) is 0 Å². The maximum atomic E-state index is 10.3. The van der Waals surface area contributed by atoms with Gasteiger partial charge in [0.25, 0.3) is 0 Å². The lowest BCUT2D eigenvalue weighted by molar-refractivity contribution is -0.0625. The summed E-state index contributed by atoms with van der Waals surface area (Å²) in [6.07, 6.45) is 18.5. The molecule has 0 aromatic carbocycles. The molecule has 0 amide bonds. The van der Waals surface area contributed by atoms with E-state index in [9.17, 15) is 5.11 Å². The first-order chi connectivity index (χ1) is 20.6. The average Bonchev–Trinajstić information content (AvgIpc) is 3.66. The molecule has 6 heteroatoms. The number of aliphatic hydroxyl groups is 2. The molecule has 1 heterocycles. The fourth-order valence-electron chi connectivity index (χ4n) is 8.78. The fourth-order valence-corrected chi connectivity index (χ4v) is 8.78. The second kappa shape index (κ2) is 17.8. The van der Waals surface area contributed by atoms with Gasteiger partial charge in [-0.05, 0) is 112 Å². The summed E-state index contributed by atoms with van der Waals surface area (Å²) >= 11 is 0. The molecule has 1 aromatic heterocycles. The fraction of sp³-hybridized carbons (Fsp3) is 0.811. The van der Waals surface area contributed by atoms with Crippen molar-refractivity contribution in [2.75, 3.05) is 14.2 Å². The van der Waals surface area contributed by atoms with E-state index in [-0.39, 0.29) is 6.10 Å². The van der Waals surface area contributed by atoms with E-state index in [1.165, 1.54) is 51.4 Å². The van der Waals surface area contributed by atoms with Gasteiger partial charge < -0.3 is 24.2 Å². The first-order valence-corrected chi connectivity index (χ1v) is 17.1. The van der Waals surface area contributed by atoms with Crippen molar-refractivity contribution in [2.24, 2.45) is 40.4 Å². The van der Waals surface area contributed by atoms with E-state index in [1.54, 1.807) is 25.8 Å². The zero-order valence-electron chi connectivity index (χ0n) is 29.0. The Labute approximate surface area is 263 Å². The van der Waals surface area contributed by atoms with Gasteiger partial charge in [-0.25, -0.2) is 0 Å². The molecule has 8 unspecified atom stereocenters. The highest BCUT2D eigenvalue weighted by atomic mass is 16.5. The number of rotatable bonds is 9. The van der Waals surface area contributed by atoms with Crippen LogP contribution in [0.25, 0.3) is 0 Å². The molecule has 6 nitrogen and oxygen atoms in total. The Hall–Kier alpha value is -1.63. The van der Waals surface area contributed by atoms with E-state index in [2.05, 4.69) is 50.2 Å². The minimum atomic E-state index is -0.127. The minimum Gasteiger partial charge on any atom is -0.502 e. The first-order valence-electron chi connectivity index (χ1n) is 17.1. The van der Waals surface area contributed by atoms with E-state index in [0.29, 0.717) is 29.5 Å². The van der Waals surface area contributed by atoms with Crippen molar-refractivity contribution < 1.29 is 24.2 Å². The van der Waals surface area contributed by atoms with Gasteiger partial charge in [0.1, 0.15) is 6.61 Å². The van der Waals surface area contributed by atoms with Crippen molar-refractivity contribution in [3.63, 3.8) is 0 Å². The van der Waals surface area contributed by atoms with Gasteiger partial charge in [-0.3, -0.25) is 0 Å². The monoisotopic (exact) mass is 603 g/mol. The summed E-state index contributed by atoms with van der Waals surface area (Å²) in [4.78, 5) is 0. The lowest BCUT2D eigenvalue weighted by Crippen LogP contribution is -2.50. The summed E-state index contributed by atoms with van der Waals surface area (Å²) in [6.45, 7) is 19.3. The molecule has 0 radical (unpaired) electrons. The summed E-state index contributed by atoms with van der Waals surface area (Å²) in [5.74, 6) is 5.43. The van der Waals surface area contributed by atoms with Crippen molar-refractivity contribution in [1.29, 1.82) is 0 Å². The van der Waals surface area contributed by atoms with Gasteiger partial charge in [0, 0.05) is 13.2 Å². The van der Waals surface area contributed by atoms with Crippen LogP contribution in [-0.2, 0) is 16.1 Å². The summed E-state index contributed by atoms with van der Waals surface area (Å²) in [6, 6.07) is 1.90. The third-order valence-electron chi connectivity index (χ3n) is 11.4. The first kappa shape index (κ1) is 37.6. The largest absolute Gasteiger partial charge is 0.502 e. The van der Waals surface area contributed by atoms with E-state index < -0.39 is 0 Å². The van der Waals surface area contributed by atoms with Gasteiger partial charge in [0.2, 0.25) is 0 Å². The molecular weight excluding hydrogens is 538 g/mol. The number of ether oxygens (including phenoxy) is 2. The lowest BCUT2D eigenvalue weighted by atomic mass is 9.47. The molecule has 0 spiro atoms. The van der Waals surface area contributed by atoms with Crippen molar-refractivity contribution in [1.82, 2.24) is 5.16 Å². The van der Waals surface area contributed by atoms with E-state index in [1.807, 2.05) is 19.9 Å². The average molecular weight is 604 g/mol. The Morgan fingerprint density at radius 3 is 2.42 bits per heavy atom. The van der Waals surface area contributed by atoms with Gasteiger partial charge in [-0.1, -0.05) is 71.3 Å². The zero-order valence-corrected chi connectivity index (χ0v) is 29.0. The molecule has 8 atom stereocenters. The SMILES string of the molecule is C=C(C)OC.CC.CC(C)C(O)CCCC1CCC2C3CC=C4CC(OCc5ccno5)CCC4(C)C3CCC12C.CO. The normalized spacial score (nSPS) is 33.0. The van der Waals surface area contributed by atoms with Crippen LogP contribution in [0.15, 0.2) is 40.8 Å². The third-order valence-corrected chi connectivity index (χ3v) is 11.4. The molecule has 0 bridgehead atoms. The lowest BCUT2D eigenvalue weighted by Gasteiger charge is -2.58. The van der Waals surface area contributed by atoms with Gasteiger partial charge in [-0.2, -0.15) is 0 Å². The minimum absolute atomic E-state index is 0.127. The summed E-state index contributed by atoms with van der Waals surface area (Å²) in [5.41, 5.74) is 2.57. The van der Waals surface area contributed by atoms with Crippen molar-refractivity contribution in [3.8, 4) is 0 Å². The maximum absolute atomic E-state index is 10.3. The second-order valence-electron chi connectivity index (χ2n) is 13.9. The highest BCUT2D eigenvalue weighted by Gasteiger charge is 2.58.